The van der Waals surface area contributed by atoms with Crippen molar-refractivity contribution in [1.82, 2.24) is 9.78 Å². The maximum absolute atomic E-state index is 13.1. The monoisotopic (exact) mass is 425 g/mol. The predicted octanol–water partition coefficient (Wildman–Crippen LogP) is 4.97. The van der Waals surface area contributed by atoms with Gasteiger partial charge in [-0.05, 0) is 61.6 Å². The van der Waals surface area contributed by atoms with Gasteiger partial charge in [-0.3, -0.25) is 4.79 Å². The number of nitrogens with zero attached hydrogens (tertiary/aromatic N) is 3. The molecule has 2 aliphatic heterocycles. The highest BCUT2D eigenvalue weighted by Crippen LogP contribution is 2.38. The summed E-state index contributed by atoms with van der Waals surface area (Å²) in [7, 11) is 0. The molecule has 3 heterocycles. The first-order valence-corrected chi connectivity index (χ1v) is 10.1. The third-order valence-electron chi connectivity index (χ3n) is 5.52. The maximum Gasteiger partial charge on any atom is 0.258 e. The number of ether oxygens (including phenoxy) is 1. The number of hydrogen-bond donors (Lipinski definition) is 0. The largest absolute Gasteiger partial charge is 0.356 e. The first kappa shape index (κ1) is 17.0. The van der Waals surface area contributed by atoms with Gasteiger partial charge in [-0.1, -0.05) is 22.0 Å². The number of benzene rings is 2. The van der Waals surface area contributed by atoms with Gasteiger partial charge < -0.3 is 9.64 Å². The highest BCUT2D eigenvalue weighted by Gasteiger charge is 2.31. The van der Waals surface area contributed by atoms with E-state index in [0.717, 1.165) is 63.6 Å². The molecule has 1 unspecified atom stereocenters. The normalized spacial score (nSPS) is 19.7. The van der Waals surface area contributed by atoms with Crippen LogP contribution in [0.2, 0.25) is 0 Å². The average molecular weight is 426 g/mol. The van der Waals surface area contributed by atoms with E-state index in [1.54, 1.807) is 0 Å². The molecule has 6 heteroatoms. The number of carbonyl (C=O) groups excluding carboxylic acids is 1. The fourth-order valence-electron chi connectivity index (χ4n) is 4.19. The van der Waals surface area contributed by atoms with Gasteiger partial charge in [0.15, 0.2) is 6.23 Å². The minimum absolute atomic E-state index is 0.0192. The number of aromatic nitrogens is 2. The van der Waals surface area contributed by atoms with Gasteiger partial charge in [0.2, 0.25) is 0 Å². The molecule has 2 aromatic carbocycles. The summed E-state index contributed by atoms with van der Waals surface area (Å²) >= 11 is 3.51. The second kappa shape index (κ2) is 6.46. The summed E-state index contributed by atoms with van der Waals surface area (Å²) in [5.74, 6) is 0.0507. The molecule has 1 saturated heterocycles. The molecule has 0 radical (unpaired) electrons. The van der Waals surface area contributed by atoms with Crippen molar-refractivity contribution in [2.75, 3.05) is 11.5 Å². The van der Waals surface area contributed by atoms with E-state index in [2.05, 4.69) is 40.1 Å². The van der Waals surface area contributed by atoms with Crippen LogP contribution in [0.4, 0.5) is 5.69 Å². The standard InChI is InChI=1S/C21H20BrN3O2/c1-13-5-8-18-17(11-23-25(18)19-4-2-3-9-27-19)20(13)24-12-14-10-15(22)6-7-16(14)21(24)26/h5-8,10-11,19H,2-4,9,12H2,1H3. The van der Waals surface area contributed by atoms with Gasteiger partial charge in [0.05, 0.1) is 23.9 Å². The van der Waals surface area contributed by atoms with Crippen LogP contribution >= 0.6 is 15.9 Å². The van der Waals surface area contributed by atoms with Crippen molar-refractivity contribution in [3.8, 4) is 0 Å². The van der Waals surface area contributed by atoms with Gasteiger partial charge in [0, 0.05) is 22.0 Å². The van der Waals surface area contributed by atoms with E-state index >= 15 is 0 Å². The van der Waals surface area contributed by atoms with E-state index < -0.39 is 0 Å². The second-order valence-electron chi connectivity index (χ2n) is 7.27. The lowest BCUT2D eigenvalue weighted by Crippen LogP contribution is -2.24. The lowest BCUT2D eigenvalue weighted by Gasteiger charge is -2.24. The van der Waals surface area contributed by atoms with Gasteiger partial charge >= 0.3 is 0 Å². The van der Waals surface area contributed by atoms with Crippen molar-refractivity contribution in [3.05, 3.63) is 57.7 Å². The van der Waals surface area contributed by atoms with Gasteiger partial charge in [0.1, 0.15) is 0 Å². The Kier molecular flexibility index (Phi) is 4.06. The van der Waals surface area contributed by atoms with Crippen molar-refractivity contribution < 1.29 is 9.53 Å². The van der Waals surface area contributed by atoms with Gasteiger partial charge in [0.25, 0.3) is 5.91 Å². The Bertz CT molecular complexity index is 1050. The van der Waals surface area contributed by atoms with E-state index in [1.807, 2.05) is 34.0 Å². The smallest absolute Gasteiger partial charge is 0.258 e. The van der Waals surface area contributed by atoms with Crippen LogP contribution in [-0.2, 0) is 11.3 Å². The Morgan fingerprint density at radius 3 is 2.93 bits per heavy atom. The summed E-state index contributed by atoms with van der Waals surface area (Å²) in [6.07, 6.45) is 5.09. The summed E-state index contributed by atoms with van der Waals surface area (Å²) in [5.41, 5.74) is 4.87. The van der Waals surface area contributed by atoms with Crippen LogP contribution < -0.4 is 4.90 Å². The third-order valence-corrected chi connectivity index (χ3v) is 6.02. The fraction of sp³-hybridized carbons (Fsp3) is 0.333. The Morgan fingerprint density at radius 1 is 1.22 bits per heavy atom. The van der Waals surface area contributed by atoms with E-state index in [-0.39, 0.29) is 12.1 Å². The highest BCUT2D eigenvalue weighted by molar-refractivity contribution is 9.10. The summed E-state index contributed by atoms with van der Waals surface area (Å²) in [6, 6.07) is 10.0. The Labute approximate surface area is 166 Å². The second-order valence-corrected chi connectivity index (χ2v) is 8.18. The first-order valence-electron chi connectivity index (χ1n) is 9.32. The number of aryl methyl sites for hydroxylation is 1. The molecule has 5 rings (SSSR count). The molecule has 0 aliphatic carbocycles. The Hall–Kier alpha value is -2.18. The molecule has 0 N–H and O–H groups in total. The van der Waals surface area contributed by atoms with Crippen LogP contribution in [0, 0.1) is 6.92 Å². The lowest BCUT2D eigenvalue weighted by molar-refractivity contribution is -0.0366. The highest BCUT2D eigenvalue weighted by atomic mass is 79.9. The van der Waals surface area contributed by atoms with Crippen molar-refractivity contribution in [2.45, 2.75) is 39.0 Å². The molecule has 1 fully saturated rings. The molecule has 1 amide bonds. The third kappa shape index (κ3) is 2.70. The number of anilines is 1. The zero-order valence-electron chi connectivity index (χ0n) is 15.1. The molecule has 0 bridgehead atoms. The minimum Gasteiger partial charge on any atom is -0.356 e. The minimum atomic E-state index is -0.0192. The van der Waals surface area contributed by atoms with Crippen LogP contribution in [-0.4, -0.2) is 22.3 Å². The molecule has 0 spiro atoms. The number of halogens is 1. The van der Waals surface area contributed by atoms with Gasteiger partial charge in [-0.25, -0.2) is 4.68 Å². The first-order chi connectivity index (χ1) is 13.1. The summed E-state index contributed by atoms with van der Waals surface area (Å²) in [5, 5.41) is 5.63. The Morgan fingerprint density at radius 2 is 2.11 bits per heavy atom. The summed E-state index contributed by atoms with van der Waals surface area (Å²) < 4.78 is 8.89. The van der Waals surface area contributed by atoms with Crippen LogP contribution in [0.1, 0.15) is 47.0 Å². The molecule has 138 valence electrons. The van der Waals surface area contributed by atoms with Crippen LogP contribution in [0.5, 0.6) is 0 Å². The van der Waals surface area contributed by atoms with Gasteiger partial charge in [-0.2, -0.15) is 5.10 Å². The predicted molar refractivity (Wildman–Crippen MR) is 108 cm³/mol. The number of hydrogen-bond acceptors (Lipinski definition) is 3. The topological polar surface area (TPSA) is 47.4 Å². The number of carbonyl (C=O) groups is 1. The fourth-order valence-corrected chi connectivity index (χ4v) is 4.60. The molecule has 2 aliphatic rings. The van der Waals surface area contributed by atoms with E-state index in [1.165, 1.54) is 0 Å². The van der Waals surface area contributed by atoms with Crippen molar-refractivity contribution in [3.63, 3.8) is 0 Å². The molecule has 3 aromatic rings. The zero-order valence-corrected chi connectivity index (χ0v) is 16.7. The van der Waals surface area contributed by atoms with E-state index in [9.17, 15) is 4.79 Å². The lowest BCUT2D eigenvalue weighted by atomic mass is 10.1. The van der Waals surface area contributed by atoms with E-state index in [0.29, 0.717) is 6.54 Å². The van der Waals surface area contributed by atoms with Crippen molar-refractivity contribution in [1.29, 1.82) is 0 Å². The van der Waals surface area contributed by atoms with Crippen molar-refractivity contribution >= 4 is 38.4 Å². The average Bonchev–Trinajstić information content (AvgIpc) is 3.24. The number of rotatable bonds is 2. The number of amides is 1. The molecular formula is C21H20BrN3O2. The van der Waals surface area contributed by atoms with Gasteiger partial charge in [-0.15, -0.1) is 0 Å². The van der Waals surface area contributed by atoms with Crippen molar-refractivity contribution in [2.24, 2.45) is 0 Å². The maximum atomic E-state index is 13.1. The zero-order chi connectivity index (χ0) is 18.5. The molecule has 1 aromatic heterocycles. The van der Waals surface area contributed by atoms with Crippen LogP contribution in [0.15, 0.2) is 41.0 Å². The molecule has 1 atom stereocenters. The molecular weight excluding hydrogens is 406 g/mol. The Balaban J connectivity index is 1.60. The van der Waals surface area contributed by atoms with Crippen LogP contribution in [0.3, 0.4) is 0 Å². The molecule has 5 nitrogen and oxygen atoms in total. The van der Waals surface area contributed by atoms with E-state index in [4.69, 9.17) is 4.74 Å². The number of fused-ring (bicyclic) bond motifs is 2. The van der Waals surface area contributed by atoms with Crippen LogP contribution in [0.25, 0.3) is 10.9 Å². The summed E-state index contributed by atoms with van der Waals surface area (Å²) in [6.45, 7) is 3.41. The SMILES string of the molecule is Cc1ccc2c(cnn2C2CCCCO2)c1N1Cc2cc(Br)ccc2C1=O. The summed E-state index contributed by atoms with van der Waals surface area (Å²) in [4.78, 5) is 14.9. The molecule has 0 saturated carbocycles. The molecule has 27 heavy (non-hydrogen) atoms. The quantitative estimate of drug-likeness (QED) is 0.582.